The molecule has 0 spiro atoms. The molecule has 12 heteroatoms. The fourth-order valence-corrected chi connectivity index (χ4v) is 6.02. The zero-order chi connectivity index (χ0) is 34.8. The van der Waals surface area contributed by atoms with Crippen molar-refractivity contribution in [2.75, 3.05) is 20.3 Å². The minimum absolute atomic E-state index is 0.0557. The van der Waals surface area contributed by atoms with Crippen molar-refractivity contribution in [1.82, 2.24) is 15.5 Å². The van der Waals surface area contributed by atoms with E-state index in [9.17, 15) is 24.0 Å². The Balaban J connectivity index is 1.79. The van der Waals surface area contributed by atoms with Crippen molar-refractivity contribution in [3.05, 3.63) is 41.6 Å². The number of carbonyl (C=O) groups excluding carboxylic acids is 5. The Morgan fingerprint density at radius 1 is 1.00 bits per heavy atom. The number of hydrogen-bond donors (Lipinski definition) is 2. The predicted molar refractivity (Wildman–Crippen MR) is 173 cm³/mol. The monoisotopic (exact) mass is 657 g/mol. The van der Waals surface area contributed by atoms with Crippen LogP contribution in [0.4, 0.5) is 4.79 Å². The van der Waals surface area contributed by atoms with Gasteiger partial charge in [-0.2, -0.15) is 0 Å². The lowest BCUT2D eigenvalue weighted by Crippen LogP contribution is -2.52. The molecule has 2 N–H and O–H groups in total. The van der Waals surface area contributed by atoms with Gasteiger partial charge in [0.1, 0.15) is 29.4 Å². The molecule has 12 nitrogen and oxygen atoms in total. The highest BCUT2D eigenvalue weighted by molar-refractivity contribution is 5.90. The summed E-state index contributed by atoms with van der Waals surface area (Å²) in [6.45, 7) is 11.2. The third-order valence-corrected chi connectivity index (χ3v) is 8.17. The number of benzene rings is 1. The number of nitrogens with zero attached hydrogens (tertiary/aromatic N) is 1. The zero-order valence-corrected chi connectivity index (χ0v) is 28.8. The van der Waals surface area contributed by atoms with Crippen molar-refractivity contribution in [3.63, 3.8) is 0 Å². The summed E-state index contributed by atoms with van der Waals surface area (Å²) >= 11 is 0. The van der Waals surface area contributed by atoms with Gasteiger partial charge in [0.15, 0.2) is 6.04 Å². The van der Waals surface area contributed by atoms with Crippen LogP contribution in [0.5, 0.6) is 0 Å². The molecule has 260 valence electrons. The minimum Gasteiger partial charge on any atom is -0.467 e. The summed E-state index contributed by atoms with van der Waals surface area (Å²) in [5, 5.41) is 5.51. The first kappa shape index (κ1) is 37.7. The van der Waals surface area contributed by atoms with E-state index in [2.05, 4.69) is 10.6 Å². The van der Waals surface area contributed by atoms with Gasteiger partial charge >= 0.3 is 12.1 Å². The molecule has 47 heavy (non-hydrogen) atoms. The quantitative estimate of drug-likeness (QED) is 0.235. The lowest BCUT2D eigenvalue weighted by atomic mass is 9.78. The Morgan fingerprint density at radius 3 is 2.23 bits per heavy atom. The zero-order valence-electron chi connectivity index (χ0n) is 28.8. The number of hydrogen-bond acceptors (Lipinski definition) is 9. The molecule has 1 heterocycles. The lowest BCUT2D eigenvalue weighted by Gasteiger charge is -2.36. The van der Waals surface area contributed by atoms with Crippen molar-refractivity contribution in [1.29, 1.82) is 0 Å². The average Bonchev–Trinajstić information content (AvgIpc) is 3.69. The minimum atomic E-state index is -1.06. The normalized spacial score (nSPS) is 18.9. The molecule has 3 amide bonds. The first-order chi connectivity index (χ1) is 22.1. The molecule has 2 fully saturated rings. The van der Waals surface area contributed by atoms with E-state index in [-0.39, 0.29) is 31.2 Å². The third-order valence-electron chi connectivity index (χ3n) is 8.17. The fourth-order valence-electron chi connectivity index (χ4n) is 6.02. The summed E-state index contributed by atoms with van der Waals surface area (Å²) in [6, 6.07) is 7.55. The van der Waals surface area contributed by atoms with Crippen molar-refractivity contribution in [2.45, 2.75) is 122 Å². The Morgan fingerprint density at radius 2 is 1.66 bits per heavy atom. The first-order valence-electron chi connectivity index (χ1n) is 16.3. The summed E-state index contributed by atoms with van der Waals surface area (Å²) in [5.41, 5.74) is -1.75. The Bertz CT molecular complexity index is 1290. The number of rotatable bonds is 13. The summed E-state index contributed by atoms with van der Waals surface area (Å²) in [5.74, 6) is 0.263. The van der Waals surface area contributed by atoms with E-state index in [0.29, 0.717) is 32.2 Å². The summed E-state index contributed by atoms with van der Waals surface area (Å²) in [7, 11) is 1.25. The number of esters is 1. The van der Waals surface area contributed by atoms with Crippen LogP contribution in [0.1, 0.15) is 92.1 Å². The van der Waals surface area contributed by atoms with Gasteiger partial charge in [0, 0.05) is 6.54 Å². The molecular weight excluding hydrogens is 606 g/mol. The second-order valence-corrected chi connectivity index (χ2v) is 14.3. The van der Waals surface area contributed by atoms with Gasteiger partial charge in [-0.05, 0) is 79.2 Å². The molecule has 0 aromatic heterocycles. The number of ether oxygens (including phenoxy) is 4. The van der Waals surface area contributed by atoms with Gasteiger partial charge in [-0.15, -0.1) is 0 Å². The second kappa shape index (κ2) is 16.4. The highest BCUT2D eigenvalue weighted by atomic mass is 16.6. The van der Waals surface area contributed by atoms with Gasteiger partial charge in [-0.3, -0.25) is 14.5 Å². The lowest BCUT2D eigenvalue weighted by molar-refractivity contribution is -0.149. The summed E-state index contributed by atoms with van der Waals surface area (Å²) in [6.07, 6.45) is 1.90. The average molecular weight is 658 g/mol. The van der Waals surface area contributed by atoms with E-state index < -0.39 is 52.8 Å². The number of nitrogens with one attached hydrogen (secondary N) is 2. The van der Waals surface area contributed by atoms with Crippen LogP contribution in [-0.4, -0.2) is 84.4 Å². The maximum absolute atomic E-state index is 14.0. The molecule has 3 rings (SSSR count). The Labute approximate surface area is 277 Å². The van der Waals surface area contributed by atoms with E-state index in [4.69, 9.17) is 18.9 Å². The topological polar surface area (TPSA) is 150 Å². The van der Waals surface area contributed by atoms with E-state index in [1.807, 2.05) is 57.0 Å². The maximum atomic E-state index is 14.0. The first-order valence-corrected chi connectivity index (χ1v) is 16.3. The predicted octanol–water partition coefficient (Wildman–Crippen LogP) is 4.23. The van der Waals surface area contributed by atoms with Gasteiger partial charge in [-0.1, -0.05) is 43.2 Å². The smallest absolute Gasteiger partial charge is 0.410 e. The SMILES string of the molecule is COC(=O)C(COCc1ccccc1)NC(=O)C1(CC(OC(C)(C)C)C(=C=O)NC(=O)[C@@H]2CCCN2C(=O)OC(C)(C)C)CCCC1. The number of amides is 3. The highest BCUT2D eigenvalue weighted by Gasteiger charge is 2.46. The summed E-state index contributed by atoms with van der Waals surface area (Å²) in [4.78, 5) is 66.8. The third kappa shape index (κ3) is 11.2. The van der Waals surface area contributed by atoms with Crippen molar-refractivity contribution in [2.24, 2.45) is 5.41 Å². The van der Waals surface area contributed by atoms with Crippen LogP contribution in [-0.2, 0) is 44.7 Å². The van der Waals surface area contributed by atoms with Gasteiger partial charge in [0.05, 0.1) is 31.3 Å². The maximum Gasteiger partial charge on any atom is 0.410 e. The molecule has 0 radical (unpaired) electrons. The highest BCUT2D eigenvalue weighted by Crippen LogP contribution is 2.44. The van der Waals surface area contributed by atoms with Crippen LogP contribution in [0.15, 0.2) is 36.0 Å². The van der Waals surface area contributed by atoms with E-state index in [0.717, 1.165) is 18.4 Å². The molecule has 1 aliphatic carbocycles. The van der Waals surface area contributed by atoms with Crippen LogP contribution in [0.3, 0.4) is 0 Å². The number of likely N-dealkylation sites (tertiary alicyclic amines) is 1. The molecular formula is C35H51N3O9. The van der Waals surface area contributed by atoms with Gasteiger partial charge in [0.25, 0.3) is 0 Å². The molecule has 1 saturated heterocycles. The molecule has 3 atom stereocenters. The van der Waals surface area contributed by atoms with Crippen molar-refractivity contribution in [3.8, 4) is 0 Å². The number of methoxy groups -OCH3 is 1. The van der Waals surface area contributed by atoms with Gasteiger partial charge < -0.3 is 29.6 Å². The van der Waals surface area contributed by atoms with Crippen molar-refractivity contribution < 1.29 is 42.9 Å². The van der Waals surface area contributed by atoms with Gasteiger partial charge in [0.2, 0.25) is 11.8 Å². The largest absolute Gasteiger partial charge is 0.467 e. The standard InChI is InChI=1S/C35H51N3O9/c1-33(2,3)46-28(25(21-39)36-29(40)27-16-13-19-38(27)32(43)47-34(4,5)6)20-35(17-11-12-18-35)31(42)37-26(30(41)44-7)23-45-22-24-14-9-8-10-15-24/h8-10,14-15,26-28H,11-13,16-20,22-23H2,1-7H3,(H,36,40)(H,37,42)/t26?,27-,28?/m0/s1. The summed E-state index contributed by atoms with van der Waals surface area (Å²) < 4.78 is 22.5. The Kier molecular flexibility index (Phi) is 13.2. The van der Waals surface area contributed by atoms with Crippen LogP contribution in [0, 0.1) is 5.41 Å². The molecule has 2 aliphatic rings. The molecule has 2 unspecified atom stereocenters. The number of carbonyl (C=O) groups is 4. The molecule has 1 aromatic carbocycles. The molecule has 1 saturated carbocycles. The van der Waals surface area contributed by atoms with E-state index in [1.54, 1.807) is 20.8 Å². The van der Waals surface area contributed by atoms with Crippen LogP contribution in [0.2, 0.25) is 0 Å². The fraction of sp³-hybridized carbons (Fsp3) is 0.657. The molecule has 1 aliphatic heterocycles. The molecule has 1 aromatic rings. The molecule has 0 bridgehead atoms. The van der Waals surface area contributed by atoms with Crippen LogP contribution in [0.25, 0.3) is 0 Å². The Hall–Kier alpha value is -3.73. The van der Waals surface area contributed by atoms with Crippen LogP contribution < -0.4 is 10.6 Å². The van der Waals surface area contributed by atoms with E-state index in [1.165, 1.54) is 12.0 Å². The van der Waals surface area contributed by atoms with Crippen molar-refractivity contribution >= 4 is 29.8 Å². The van der Waals surface area contributed by atoms with Gasteiger partial charge in [-0.25, -0.2) is 14.4 Å². The second-order valence-electron chi connectivity index (χ2n) is 14.3. The van der Waals surface area contributed by atoms with E-state index >= 15 is 0 Å². The van der Waals surface area contributed by atoms with Crippen LogP contribution >= 0.6 is 0 Å².